The van der Waals surface area contributed by atoms with Crippen molar-refractivity contribution in [2.75, 3.05) is 6.26 Å². The Morgan fingerprint density at radius 1 is 0.808 bits per heavy atom. The molecule has 2 saturated carbocycles. The van der Waals surface area contributed by atoms with Crippen molar-refractivity contribution in [2.24, 2.45) is 11.8 Å². The minimum absolute atomic E-state index is 0.323. The first-order valence-electron chi connectivity index (χ1n) is 9.00. The van der Waals surface area contributed by atoms with Gasteiger partial charge in [-0.05, 0) is 65.2 Å². The molecule has 0 aromatic carbocycles. The van der Waals surface area contributed by atoms with Gasteiger partial charge in [-0.15, -0.1) is 0 Å². The number of rotatable bonds is 4. The van der Waals surface area contributed by atoms with Crippen LogP contribution in [0.1, 0.15) is 65.2 Å². The van der Waals surface area contributed by atoms with E-state index < -0.39 is 39.9 Å². The first-order valence-corrected chi connectivity index (χ1v) is 10.8. The molecule has 0 aromatic heterocycles. The number of aliphatic hydroxyl groups is 1. The van der Waals surface area contributed by atoms with Crippen molar-refractivity contribution in [3.05, 3.63) is 0 Å². The highest BCUT2D eigenvalue weighted by Crippen LogP contribution is 2.37. The molecule has 9 heteroatoms. The summed E-state index contributed by atoms with van der Waals surface area (Å²) >= 11 is 0. The van der Waals surface area contributed by atoms with Crippen LogP contribution in [0, 0.1) is 11.8 Å². The van der Waals surface area contributed by atoms with Gasteiger partial charge in [0, 0.05) is 11.8 Å². The van der Waals surface area contributed by atoms with Crippen LogP contribution in [-0.4, -0.2) is 43.8 Å². The SMILES string of the molecule is CC(F)(F)[C@H]1CC[C@@H](O)CC1.CC(F)(F)[C@H]1CC[C@@H](OS(C)(=O)=O)CC1. The predicted octanol–water partition coefficient (Wildman–Crippen LogP) is 4.37. The summed E-state index contributed by atoms with van der Waals surface area (Å²) in [6.07, 6.45) is 3.65. The van der Waals surface area contributed by atoms with Gasteiger partial charge in [-0.25, -0.2) is 17.6 Å². The van der Waals surface area contributed by atoms with Crippen LogP contribution in [0.15, 0.2) is 0 Å². The quantitative estimate of drug-likeness (QED) is 0.556. The lowest BCUT2D eigenvalue weighted by Gasteiger charge is -2.31. The van der Waals surface area contributed by atoms with Crippen molar-refractivity contribution >= 4 is 10.1 Å². The van der Waals surface area contributed by atoms with Gasteiger partial charge in [-0.3, -0.25) is 4.18 Å². The molecule has 2 aliphatic carbocycles. The van der Waals surface area contributed by atoms with E-state index in [4.69, 9.17) is 9.29 Å². The average molecular weight is 406 g/mol. The van der Waals surface area contributed by atoms with E-state index in [9.17, 15) is 26.0 Å². The first kappa shape index (κ1) is 23.6. The van der Waals surface area contributed by atoms with Crippen LogP contribution < -0.4 is 0 Å². The maximum absolute atomic E-state index is 12.9. The molecule has 0 radical (unpaired) electrons. The fourth-order valence-electron chi connectivity index (χ4n) is 3.50. The zero-order valence-corrected chi connectivity index (χ0v) is 16.4. The molecule has 4 nitrogen and oxygen atoms in total. The van der Waals surface area contributed by atoms with E-state index in [0.717, 1.165) is 20.1 Å². The van der Waals surface area contributed by atoms with E-state index in [-0.39, 0.29) is 6.10 Å². The molecule has 1 N–H and O–H groups in total. The standard InChI is InChI=1S/C9H16F2O3S.C8H14F2O/c1-9(10,11)7-3-5-8(6-4-7)14-15(2,12)13;1-8(9,10)6-2-4-7(11)5-3-6/h7-8H,3-6H2,1-2H3;6-7,11H,2-5H2,1H3/t7-,8+;6-,7+. The summed E-state index contributed by atoms with van der Waals surface area (Å²) < 4.78 is 77.5. The van der Waals surface area contributed by atoms with Crippen LogP contribution >= 0.6 is 0 Å². The Morgan fingerprint density at radius 2 is 1.15 bits per heavy atom. The number of hydrogen-bond acceptors (Lipinski definition) is 4. The maximum Gasteiger partial charge on any atom is 0.264 e. The lowest BCUT2D eigenvalue weighted by atomic mass is 9.84. The Balaban J connectivity index is 0.000000273. The molecule has 2 fully saturated rings. The van der Waals surface area contributed by atoms with Crippen molar-refractivity contribution in [1.29, 1.82) is 0 Å². The second kappa shape index (κ2) is 9.19. The highest BCUT2D eigenvalue weighted by molar-refractivity contribution is 7.86. The van der Waals surface area contributed by atoms with Gasteiger partial charge in [0.1, 0.15) is 0 Å². The third kappa shape index (κ3) is 8.99. The molecule has 2 rings (SSSR count). The van der Waals surface area contributed by atoms with Crippen molar-refractivity contribution in [3.8, 4) is 0 Å². The lowest BCUT2D eigenvalue weighted by molar-refractivity contribution is -0.0654. The van der Waals surface area contributed by atoms with Crippen LogP contribution in [0.4, 0.5) is 17.6 Å². The summed E-state index contributed by atoms with van der Waals surface area (Å²) in [4.78, 5) is 0. The summed E-state index contributed by atoms with van der Waals surface area (Å²) in [7, 11) is -3.46. The zero-order chi connectivity index (χ0) is 20.2. The fraction of sp³-hybridized carbons (Fsp3) is 1.00. The number of alkyl halides is 4. The van der Waals surface area contributed by atoms with E-state index in [1.165, 1.54) is 0 Å². The van der Waals surface area contributed by atoms with Crippen molar-refractivity contribution in [2.45, 2.75) is 89.3 Å². The molecule has 0 aromatic rings. The Hall–Kier alpha value is -0.410. The molecule has 0 aliphatic heterocycles. The lowest BCUT2D eigenvalue weighted by Crippen LogP contribution is -2.32. The Labute approximate surface area is 153 Å². The molecule has 0 heterocycles. The minimum Gasteiger partial charge on any atom is -0.393 e. The summed E-state index contributed by atoms with van der Waals surface area (Å²) in [6.45, 7) is 1.88. The van der Waals surface area contributed by atoms with Crippen LogP contribution in [0.2, 0.25) is 0 Å². The van der Waals surface area contributed by atoms with Crippen molar-refractivity contribution in [1.82, 2.24) is 0 Å². The summed E-state index contributed by atoms with van der Waals surface area (Å²) in [5.41, 5.74) is 0. The number of aliphatic hydroxyl groups excluding tert-OH is 1. The molecule has 2 aliphatic rings. The highest BCUT2D eigenvalue weighted by atomic mass is 32.2. The smallest absolute Gasteiger partial charge is 0.264 e. The Kier molecular flexibility index (Phi) is 8.35. The van der Waals surface area contributed by atoms with Crippen molar-refractivity contribution in [3.63, 3.8) is 0 Å². The van der Waals surface area contributed by atoms with Gasteiger partial charge in [-0.1, -0.05) is 0 Å². The summed E-state index contributed by atoms with van der Waals surface area (Å²) in [6, 6.07) is 0. The molecule has 156 valence electrons. The van der Waals surface area contributed by atoms with Crippen LogP contribution in [-0.2, 0) is 14.3 Å². The van der Waals surface area contributed by atoms with E-state index in [1.54, 1.807) is 0 Å². The van der Waals surface area contributed by atoms with Gasteiger partial charge >= 0.3 is 0 Å². The predicted molar refractivity (Wildman–Crippen MR) is 90.9 cm³/mol. The molecular weight excluding hydrogens is 376 g/mol. The van der Waals surface area contributed by atoms with Gasteiger partial charge in [0.15, 0.2) is 0 Å². The second-order valence-corrected chi connectivity index (χ2v) is 9.29. The molecule has 0 unspecified atom stereocenters. The molecule has 0 atom stereocenters. The van der Waals surface area contributed by atoms with E-state index in [0.29, 0.717) is 51.4 Å². The van der Waals surface area contributed by atoms with Gasteiger partial charge in [0.25, 0.3) is 10.1 Å². The third-order valence-electron chi connectivity index (χ3n) is 5.12. The van der Waals surface area contributed by atoms with Crippen LogP contribution in [0.3, 0.4) is 0 Å². The molecule has 0 saturated heterocycles. The second-order valence-electron chi connectivity index (χ2n) is 7.69. The van der Waals surface area contributed by atoms with Gasteiger partial charge in [0.05, 0.1) is 18.5 Å². The Bertz CT molecular complexity index is 512. The van der Waals surface area contributed by atoms with Gasteiger partial charge in [0.2, 0.25) is 11.8 Å². The summed E-state index contributed by atoms with van der Waals surface area (Å²) in [5, 5.41) is 9.05. The molecular formula is C17H30F4O4S. The molecule has 0 amide bonds. The normalized spacial score (nSPS) is 31.1. The van der Waals surface area contributed by atoms with Gasteiger partial charge < -0.3 is 5.11 Å². The van der Waals surface area contributed by atoms with Crippen molar-refractivity contribution < 1.29 is 35.3 Å². The molecule has 26 heavy (non-hydrogen) atoms. The van der Waals surface area contributed by atoms with Gasteiger partial charge in [-0.2, -0.15) is 8.42 Å². The maximum atomic E-state index is 12.9. The van der Waals surface area contributed by atoms with E-state index in [1.807, 2.05) is 0 Å². The summed E-state index contributed by atoms with van der Waals surface area (Å²) in [5.74, 6) is -6.38. The van der Waals surface area contributed by atoms with Crippen LogP contribution in [0.5, 0.6) is 0 Å². The largest absolute Gasteiger partial charge is 0.393 e. The Morgan fingerprint density at radius 3 is 1.46 bits per heavy atom. The average Bonchev–Trinajstić information content (AvgIpc) is 2.45. The van der Waals surface area contributed by atoms with Crippen LogP contribution in [0.25, 0.3) is 0 Å². The topological polar surface area (TPSA) is 63.6 Å². The first-order chi connectivity index (χ1) is 11.7. The third-order valence-corrected chi connectivity index (χ3v) is 5.74. The van der Waals surface area contributed by atoms with E-state index in [2.05, 4.69) is 0 Å². The monoisotopic (exact) mass is 406 g/mol. The molecule has 0 spiro atoms. The highest BCUT2D eigenvalue weighted by Gasteiger charge is 2.38. The fourth-order valence-corrected chi connectivity index (χ4v) is 4.18. The number of halogens is 4. The molecule has 0 bridgehead atoms. The van der Waals surface area contributed by atoms with E-state index >= 15 is 0 Å². The minimum atomic E-state index is -3.46. The number of hydrogen-bond donors (Lipinski definition) is 1. The zero-order valence-electron chi connectivity index (χ0n) is 15.6.